The highest BCUT2D eigenvalue weighted by Gasteiger charge is 2.11. The number of carbonyl (C=O) groups excluding carboxylic acids is 1. The molecule has 0 fully saturated rings. The largest absolute Gasteiger partial charge is 0.486 e. The smallest absolute Gasteiger partial charge is 0.272 e. The van der Waals surface area contributed by atoms with Gasteiger partial charge in [-0.3, -0.25) is 14.9 Å². The highest BCUT2D eigenvalue weighted by molar-refractivity contribution is 7.18. The molecule has 2 heterocycles. The number of carbonyl (C=O) groups is 1. The predicted molar refractivity (Wildman–Crippen MR) is 104 cm³/mol. The van der Waals surface area contributed by atoms with Gasteiger partial charge in [0.2, 0.25) is 0 Å². The number of benzene rings is 1. The zero-order chi connectivity index (χ0) is 19.4. The number of thiophene rings is 1. The van der Waals surface area contributed by atoms with Crippen molar-refractivity contribution in [2.24, 2.45) is 0 Å². The first kappa shape index (κ1) is 18.9. The van der Waals surface area contributed by atoms with Crippen molar-refractivity contribution in [2.75, 3.05) is 0 Å². The van der Waals surface area contributed by atoms with Crippen LogP contribution in [0.25, 0.3) is 6.08 Å². The Bertz CT molecular complexity index is 1020. The number of nitrogens with zero attached hydrogens (tertiary/aromatic N) is 1. The lowest BCUT2D eigenvalue weighted by atomic mass is 10.2. The SMILES string of the molecule is Cc1cc(OCc2ccc(/C=C/C(=O)c3ccc(Cl)s3)o2)ccc1[N+](=O)[O-]. The van der Waals surface area contributed by atoms with Gasteiger partial charge in [-0.15, -0.1) is 11.3 Å². The van der Waals surface area contributed by atoms with Crippen LogP contribution >= 0.6 is 22.9 Å². The molecule has 0 bridgehead atoms. The van der Waals surface area contributed by atoms with E-state index in [-0.39, 0.29) is 18.1 Å². The normalized spacial score (nSPS) is 11.0. The van der Waals surface area contributed by atoms with Gasteiger partial charge in [0.25, 0.3) is 5.69 Å². The van der Waals surface area contributed by atoms with Crippen molar-refractivity contribution in [2.45, 2.75) is 13.5 Å². The highest BCUT2D eigenvalue weighted by Crippen LogP contribution is 2.24. The average molecular weight is 404 g/mol. The van der Waals surface area contributed by atoms with E-state index in [1.54, 1.807) is 49.4 Å². The summed E-state index contributed by atoms with van der Waals surface area (Å²) in [5, 5.41) is 10.8. The topological polar surface area (TPSA) is 82.6 Å². The summed E-state index contributed by atoms with van der Waals surface area (Å²) in [6, 6.07) is 11.4. The van der Waals surface area contributed by atoms with E-state index in [9.17, 15) is 14.9 Å². The quantitative estimate of drug-likeness (QED) is 0.219. The molecule has 0 aliphatic heterocycles. The van der Waals surface area contributed by atoms with Crippen LogP contribution in [0.15, 0.2) is 53.0 Å². The van der Waals surface area contributed by atoms with E-state index in [2.05, 4.69) is 0 Å². The molecular weight excluding hydrogens is 390 g/mol. The Hall–Kier alpha value is -2.90. The third-order valence-corrected chi connectivity index (χ3v) is 4.89. The molecule has 0 saturated carbocycles. The Labute approximate surface area is 163 Å². The van der Waals surface area contributed by atoms with Gasteiger partial charge in [0, 0.05) is 11.6 Å². The summed E-state index contributed by atoms with van der Waals surface area (Å²) in [5.41, 5.74) is 0.567. The van der Waals surface area contributed by atoms with E-state index in [4.69, 9.17) is 20.8 Å². The van der Waals surface area contributed by atoms with Gasteiger partial charge in [-0.25, -0.2) is 0 Å². The maximum atomic E-state index is 12.0. The van der Waals surface area contributed by atoms with Crippen LogP contribution in [-0.2, 0) is 6.61 Å². The van der Waals surface area contributed by atoms with E-state index in [0.717, 1.165) is 0 Å². The second-order valence-electron chi connectivity index (χ2n) is 5.60. The van der Waals surface area contributed by atoms with E-state index < -0.39 is 4.92 Å². The van der Waals surface area contributed by atoms with Gasteiger partial charge in [-0.2, -0.15) is 0 Å². The summed E-state index contributed by atoms with van der Waals surface area (Å²) in [4.78, 5) is 23.0. The van der Waals surface area contributed by atoms with Crippen LogP contribution in [-0.4, -0.2) is 10.7 Å². The first-order valence-corrected chi connectivity index (χ1v) is 9.06. The van der Waals surface area contributed by atoms with E-state index in [0.29, 0.717) is 32.0 Å². The average Bonchev–Trinajstić information content (AvgIpc) is 3.26. The number of furan rings is 1. The van der Waals surface area contributed by atoms with E-state index in [1.165, 1.54) is 23.5 Å². The Kier molecular flexibility index (Phi) is 5.73. The van der Waals surface area contributed by atoms with Crippen molar-refractivity contribution in [3.05, 3.63) is 85.0 Å². The predicted octanol–water partition coefficient (Wildman–Crippen LogP) is 5.69. The van der Waals surface area contributed by atoms with Crippen LogP contribution in [0, 0.1) is 17.0 Å². The number of ketones is 1. The Morgan fingerprint density at radius 1 is 1.30 bits per heavy atom. The van der Waals surface area contributed by atoms with Crippen molar-refractivity contribution in [3.63, 3.8) is 0 Å². The summed E-state index contributed by atoms with van der Waals surface area (Å²) >= 11 is 7.04. The van der Waals surface area contributed by atoms with Crippen LogP contribution in [0.4, 0.5) is 5.69 Å². The van der Waals surface area contributed by atoms with Crippen molar-refractivity contribution < 1.29 is 18.9 Å². The number of aryl methyl sites for hydroxylation is 1. The third-order valence-electron chi connectivity index (χ3n) is 3.64. The standard InChI is InChI=1S/C19H14ClNO5S/c1-12-10-14(4-6-16(12)21(23)24)25-11-15-3-2-13(26-15)5-7-17(22)18-8-9-19(20)27-18/h2-10H,11H2,1H3/b7-5+. The summed E-state index contributed by atoms with van der Waals surface area (Å²) in [6.07, 6.45) is 3.00. The number of nitro groups is 1. The lowest BCUT2D eigenvalue weighted by molar-refractivity contribution is -0.385. The summed E-state index contributed by atoms with van der Waals surface area (Å²) < 4.78 is 11.8. The van der Waals surface area contributed by atoms with Crippen LogP contribution in [0.5, 0.6) is 5.75 Å². The van der Waals surface area contributed by atoms with Gasteiger partial charge in [-0.05, 0) is 55.5 Å². The summed E-state index contributed by atoms with van der Waals surface area (Å²) in [7, 11) is 0. The van der Waals surface area contributed by atoms with Gasteiger partial charge < -0.3 is 9.15 Å². The van der Waals surface area contributed by atoms with Crippen LogP contribution in [0.3, 0.4) is 0 Å². The molecule has 6 nitrogen and oxygen atoms in total. The molecule has 0 aliphatic carbocycles. The molecule has 8 heteroatoms. The number of nitro benzene ring substituents is 1. The van der Waals surface area contributed by atoms with Crippen molar-refractivity contribution in [1.29, 1.82) is 0 Å². The van der Waals surface area contributed by atoms with Gasteiger partial charge in [0.05, 0.1) is 14.1 Å². The minimum Gasteiger partial charge on any atom is -0.486 e. The molecule has 0 N–H and O–H groups in total. The monoisotopic (exact) mass is 403 g/mol. The molecule has 0 amide bonds. The maximum absolute atomic E-state index is 12.0. The first-order valence-electron chi connectivity index (χ1n) is 7.86. The molecule has 0 spiro atoms. The minimum absolute atomic E-state index is 0.0458. The lowest BCUT2D eigenvalue weighted by Crippen LogP contribution is -1.96. The summed E-state index contributed by atoms with van der Waals surface area (Å²) in [5.74, 6) is 1.44. The Morgan fingerprint density at radius 2 is 2.11 bits per heavy atom. The van der Waals surface area contributed by atoms with Crippen LogP contribution in [0.1, 0.15) is 26.8 Å². The highest BCUT2D eigenvalue weighted by atomic mass is 35.5. The summed E-state index contributed by atoms with van der Waals surface area (Å²) in [6.45, 7) is 1.82. The Morgan fingerprint density at radius 3 is 2.78 bits per heavy atom. The molecule has 0 aliphatic rings. The second-order valence-corrected chi connectivity index (χ2v) is 7.31. The van der Waals surface area contributed by atoms with Crippen LogP contribution in [0.2, 0.25) is 4.34 Å². The van der Waals surface area contributed by atoms with Crippen molar-refractivity contribution in [1.82, 2.24) is 0 Å². The molecule has 27 heavy (non-hydrogen) atoms. The third kappa shape index (κ3) is 4.84. The van der Waals surface area contributed by atoms with Crippen molar-refractivity contribution >= 4 is 40.5 Å². The molecular formula is C19H14ClNO5S. The van der Waals surface area contributed by atoms with Gasteiger partial charge in [0.15, 0.2) is 5.78 Å². The number of halogens is 1. The molecule has 1 aromatic carbocycles. The number of hydrogen-bond donors (Lipinski definition) is 0. The van der Waals surface area contributed by atoms with Crippen LogP contribution < -0.4 is 4.74 Å². The fourth-order valence-corrected chi connectivity index (χ4v) is 3.29. The molecule has 3 aromatic rings. The maximum Gasteiger partial charge on any atom is 0.272 e. The second kappa shape index (κ2) is 8.20. The minimum atomic E-state index is -0.435. The lowest BCUT2D eigenvalue weighted by Gasteiger charge is -2.05. The number of hydrogen-bond acceptors (Lipinski definition) is 6. The fraction of sp³-hybridized carbons (Fsp3) is 0.105. The molecule has 3 rings (SSSR count). The molecule has 0 radical (unpaired) electrons. The number of allylic oxidation sites excluding steroid dienone is 1. The number of rotatable bonds is 7. The van der Waals surface area contributed by atoms with E-state index >= 15 is 0 Å². The van der Waals surface area contributed by atoms with E-state index in [1.807, 2.05) is 0 Å². The first-order chi connectivity index (χ1) is 12.9. The molecule has 0 atom stereocenters. The molecule has 138 valence electrons. The van der Waals surface area contributed by atoms with Gasteiger partial charge in [0.1, 0.15) is 23.9 Å². The molecule has 0 unspecified atom stereocenters. The van der Waals surface area contributed by atoms with Gasteiger partial charge >= 0.3 is 0 Å². The van der Waals surface area contributed by atoms with Gasteiger partial charge in [-0.1, -0.05) is 11.6 Å². The Balaban J connectivity index is 1.59. The molecule has 2 aromatic heterocycles. The fourth-order valence-electron chi connectivity index (χ4n) is 2.33. The number of ether oxygens (including phenoxy) is 1. The zero-order valence-corrected chi connectivity index (χ0v) is 15.8. The van der Waals surface area contributed by atoms with Crippen molar-refractivity contribution in [3.8, 4) is 5.75 Å². The molecule has 0 saturated heterocycles. The zero-order valence-electron chi connectivity index (χ0n) is 14.2.